The van der Waals surface area contributed by atoms with Crippen LogP contribution in [0, 0.1) is 5.82 Å². The minimum absolute atomic E-state index is 0.193. The molecule has 1 aromatic heterocycles. The number of ether oxygens (including phenoxy) is 1. The number of pyridine rings is 1. The number of esters is 1. The van der Waals surface area contributed by atoms with Crippen molar-refractivity contribution in [1.29, 1.82) is 0 Å². The summed E-state index contributed by atoms with van der Waals surface area (Å²) >= 11 is 1.54. The van der Waals surface area contributed by atoms with Crippen LogP contribution in [0.4, 0.5) is 4.39 Å². The molecule has 4 rings (SSSR count). The van der Waals surface area contributed by atoms with Crippen LogP contribution in [0.2, 0.25) is 0 Å². The summed E-state index contributed by atoms with van der Waals surface area (Å²) in [5, 5.41) is 3.61. The third kappa shape index (κ3) is 5.49. The topological polar surface area (TPSA) is 68.3 Å². The molecule has 0 atom stereocenters. The van der Waals surface area contributed by atoms with Gasteiger partial charge in [0.25, 0.3) is 5.91 Å². The maximum Gasteiger partial charge on any atom is 0.315 e. The lowest BCUT2D eigenvalue weighted by molar-refractivity contribution is -0.131. The molecule has 1 aliphatic rings. The fraction of sp³-hybridized carbons (Fsp3) is 0.208. The number of nitrogens with zero attached hydrogens (tertiary/aromatic N) is 1. The Kier molecular flexibility index (Phi) is 6.62. The normalized spacial score (nSPS) is 12.4. The molecule has 1 amide bonds. The van der Waals surface area contributed by atoms with Crippen LogP contribution in [0.1, 0.15) is 33.5 Å². The Balaban J connectivity index is 1.31. The minimum atomic E-state index is -0.257. The van der Waals surface area contributed by atoms with E-state index in [-0.39, 0.29) is 24.1 Å². The number of carbonyl (C=O) groups excluding carboxylic acids is 2. The summed E-state index contributed by atoms with van der Waals surface area (Å²) in [6.07, 6.45) is 3.67. The van der Waals surface area contributed by atoms with Gasteiger partial charge >= 0.3 is 5.97 Å². The fourth-order valence-electron chi connectivity index (χ4n) is 3.35. The van der Waals surface area contributed by atoms with Crippen molar-refractivity contribution < 1.29 is 18.7 Å². The highest BCUT2D eigenvalue weighted by Gasteiger charge is 2.20. The van der Waals surface area contributed by atoms with Crippen LogP contribution in [0.3, 0.4) is 0 Å². The van der Waals surface area contributed by atoms with E-state index in [2.05, 4.69) is 10.3 Å². The van der Waals surface area contributed by atoms with Crippen molar-refractivity contribution in [3.63, 3.8) is 0 Å². The van der Waals surface area contributed by atoms with E-state index in [1.807, 2.05) is 12.1 Å². The number of amides is 1. The second-order valence-electron chi connectivity index (χ2n) is 7.21. The van der Waals surface area contributed by atoms with E-state index >= 15 is 0 Å². The van der Waals surface area contributed by atoms with E-state index in [1.165, 1.54) is 23.9 Å². The highest BCUT2D eigenvalue weighted by atomic mass is 32.2. The Labute approximate surface area is 184 Å². The Morgan fingerprint density at radius 1 is 1.13 bits per heavy atom. The van der Waals surface area contributed by atoms with Gasteiger partial charge in [0.05, 0.1) is 12.0 Å². The molecule has 2 heterocycles. The van der Waals surface area contributed by atoms with Crippen LogP contribution in [0.15, 0.2) is 65.8 Å². The molecule has 31 heavy (non-hydrogen) atoms. The highest BCUT2D eigenvalue weighted by molar-refractivity contribution is 7.99. The van der Waals surface area contributed by atoms with E-state index in [4.69, 9.17) is 4.74 Å². The first-order valence-electron chi connectivity index (χ1n) is 10.0. The number of hydrogen-bond acceptors (Lipinski definition) is 5. The summed E-state index contributed by atoms with van der Waals surface area (Å²) in [6.45, 7) is 0.351. The molecule has 7 heteroatoms. The van der Waals surface area contributed by atoms with Gasteiger partial charge in [0.1, 0.15) is 16.6 Å². The molecule has 0 aliphatic carbocycles. The Morgan fingerprint density at radius 2 is 1.94 bits per heavy atom. The minimum Gasteiger partial charge on any atom is -0.426 e. The monoisotopic (exact) mass is 436 g/mol. The summed E-state index contributed by atoms with van der Waals surface area (Å²) < 4.78 is 18.1. The molecule has 158 valence electrons. The second-order valence-corrected chi connectivity index (χ2v) is 8.29. The number of aryl methyl sites for hydroxylation is 1. The second kappa shape index (κ2) is 9.75. The van der Waals surface area contributed by atoms with Crippen LogP contribution in [-0.2, 0) is 24.2 Å². The molecular weight excluding hydrogens is 415 g/mol. The van der Waals surface area contributed by atoms with Gasteiger partial charge in [0, 0.05) is 18.3 Å². The van der Waals surface area contributed by atoms with Crippen molar-refractivity contribution in [3.8, 4) is 5.75 Å². The lowest BCUT2D eigenvalue weighted by atomic mass is 10.1. The molecule has 2 aromatic carbocycles. The fourth-order valence-corrected chi connectivity index (χ4v) is 4.28. The molecule has 3 aromatic rings. The maximum absolute atomic E-state index is 13.0. The van der Waals surface area contributed by atoms with Gasteiger partial charge in [-0.15, -0.1) is 11.8 Å². The zero-order valence-electron chi connectivity index (χ0n) is 16.8. The van der Waals surface area contributed by atoms with Gasteiger partial charge < -0.3 is 10.1 Å². The first-order chi connectivity index (χ1) is 15.1. The lowest BCUT2D eigenvalue weighted by Crippen LogP contribution is -2.23. The molecule has 5 nitrogen and oxygen atoms in total. The lowest BCUT2D eigenvalue weighted by Gasteiger charge is -2.10. The predicted molar refractivity (Wildman–Crippen MR) is 117 cm³/mol. The SMILES string of the molecule is O=C1Cc2cc(CNC(=O)c3cccnc3SCCCc3ccc(F)cc3)ccc2O1. The predicted octanol–water partition coefficient (Wildman–Crippen LogP) is 4.34. The van der Waals surface area contributed by atoms with Crippen molar-refractivity contribution in [2.24, 2.45) is 0 Å². The molecule has 1 aliphatic heterocycles. The van der Waals surface area contributed by atoms with E-state index < -0.39 is 0 Å². The van der Waals surface area contributed by atoms with Gasteiger partial charge in [0.2, 0.25) is 0 Å². The average molecular weight is 437 g/mol. The summed E-state index contributed by atoms with van der Waals surface area (Å²) in [4.78, 5) is 28.5. The quantitative estimate of drug-likeness (QED) is 0.246. The van der Waals surface area contributed by atoms with E-state index in [0.717, 1.165) is 35.3 Å². The molecule has 1 N–H and O–H groups in total. The van der Waals surface area contributed by atoms with Gasteiger partial charge in [-0.3, -0.25) is 9.59 Å². The Bertz CT molecular complexity index is 1100. The van der Waals surface area contributed by atoms with Crippen LogP contribution in [0.5, 0.6) is 5.75 Å². The van der Waals surface area contributed by atoms with Crippen molar-refractivity contribution in [2.45, 2.75) is 30.8 Å². The highest BCUT2D eigenvalue weighted by Crippen LogP contribution is 2.27. The van der Waals surface area contributed by atoms with Gasteiger partial charge in [-0.2, -0.15) is 0 Å². The summed E-state index contributed by atoms with van der Waals surface area (Å²) in [7, 11) is 0. The molecule has 0 radical (unpaired) electrons. The molecule has 0 bridgehead atoms. The number of carbonyl (C=O) groups is 2. The van der Waals surface area contributed by atoms with E-state index in [9.17, 15) is 14.0 Å². The molecule has 0 spiro atoms. The first-order valence-corrected chi connectivity index (χ1v) is 11.0. The molecular formula is C24H21FN2O3S. The molecule has 0 saturated carbocycles. The Morgan fingerprint density at radius 3 is 2.77 bits per heavy atom. The van der Waals surface area contributed by atoms with Gasteiger partial charge in [0.15, 0.2) is 0 Å². The summed E-state index contributed by atoms with van der Waals surface area (Å²) in [5.74, 6) is 0.707. The summed E-state index contributed by atoms with van der Waals surface area (Å²) in [6, 6.07) is 15.5. The first kappa shape index (κ1) is 21.1. The number of fused-ring (bicyclic) bond motifs is 1. The maximum atomic E-state index is 13.0. The van der Waals surface area contributed by atoms with E-state index in [1.54, 1.807) is 36.5 Å². The molecule has 0 fully saturated rings. The number of nitrogens with one attached hydrogen (secondary N) is 1. The smallest absolute Gasteiger partial charge is 0.315 e. The van der Waals surface area contributed by atoms with Crippen molar-refractivity contribution in [2.75, 3.05) is 5.75 Å². The number of aromatic nitrogens is 1. The number of halogens is 1. The number of hydrogen-bond donors (Lipinski definition) is 1. The molecule has 0 unspecified atom stereocenters. The number of benzene rings is 2. The van der Waals surface area contributed by atoms with Crippen LogP contribution in [0.25, 0.3) is 0 Å². The van der Waals surface area contributed by atoms with Gasteiger partial charge in [-0.1, -0.05) is 18.2 Å². The van der Waals surface area contributed by atoms with E-state index in [0.29, 0.717) is 22.9 Å². The van der Waals surface area contributed by atoms with Crippen LogP contribution < -0.4 is 10.1 Å². The standard InChI is InChI=1S/C24H21FN2O3S/c25-19-8-5-16(6-9-19)3-2-12-31-24-20(4-1-11-26-24)23(29)27-15-17-7-10-21-18(13-17)14-22(28)30-21/h1,4-11,13H,2-3,12,14-15H2,(H,27,29). The summed E-state index contributed by atoms with van der Waals surface area (Å²) in [5.41, 5.74) is 3.37. The van der Waals surface area contributed by atoms with Gasteiger partial charge in [-0.25, -0.2) is 9.37 Å². The average Bonchev–Trinajstić information content (AvgIpc) is 3.16. The number of thioether (sulfide) groups is 1. The van der Waals surface area contributed by atoms with Crippen LogP contribution >= 0.6 is 11.8 Å². The van der Waals surface area contributed by atoms with Crippen LogP contribution in [-0.4, -0.2) is 22.6 Å². The number of rotatable bonds is 8. The zero-order valence-corrected chi connectivity index (χ0v) is 17.6. The van der Waals surface area contributed by atoms with Gasteiger partial charge in [-0.05, 0) is 66.1 Å². The largest absolute Gasteiger partial charge is 0.426 e. The Hall–Kier alpha value is -3.19. The third-order valence-electron chi connectivity index (χ3n) is 4.91. The van der Waals surface area contributed by atoms with Crippen molar-refractivity contribution >= 4 is 23.6 Å². The molecule has 0 saturated heterocycles. The van der Waals surface area contributed by atoms with Crippen molar-refractivity contribution in [3.05, 3.63) is 88.9 Å². The zero-order chi connectivity index (χ0) is 21.6. The third-order valence-corrected chi connectivity index (χ3v) is 6.01. The van der Waals surface area contributed by atoms with Crippen molar-refractivity contribution in [1.82, 2.24) is 10.3 Å².